The molecular formula is C13H23NO5. The van der Waals surface area contributed by atoms with Crippen LogP contribution in [0.1, 0.15) is 53.4 Å². The molecule has 0 spiro atoms. The first-order valence-corrected chi connectivity index (χ1v) is 6.39. The van der Waals surface area contributed by atoms with Crippen LogP contribution in [0.5, 0.6) is 0 Å². The van der Waals surface area contributed by atoms with Crippen LogP contribution in [0.15, 0.2) is 0 Å². The van der Waals surface area contributed by atoms with Gasteiger partial charge in [0.05, 0.1) is 0 Å². The van der Waals surface area contributed by atoms with Crippen LogP contribution in [0.25, 0.3) is 0 Å². The minimum Gasteiger partial charge on any atom is -0.481 e. The molecule has 1 unspecified atom stereocenters. The van der Waals surface area contributed by atoms with Gasteiger partial charge in [0, 0.05) is 12.8 Å². The minimum atomic E-state index is -0.938. The lowest BCUT2D eigenvalue weighted by molar-refractivity contribution is -0.158. The van der Waals surface area contributed by atoms with Crippen molar-refractivity contribution in [2.24, 2.45) is 0 Å². The number of carboxylic acids is 1. The molecule has 0 aliphatic heterocycles. The van der Waals surface area contributed by atoms with Crippen molar-refractivity contribution in [3.8, 4) is 0 Å². The van der Waals surface area contributed by atoms with E-state index < -0.39 is 23.6 Å². The van der Waals surface area contributed by atoms with Gasteiger partial charge in [0.15, 0.2) is 0 Å². The minimum absolute atomic E-state index is 0.0589. The maximum Gasteiger partial charge on any atom is 0.329 e. The Bertz CT molecular complexity index is 332. The van der Waals surface area contributed by atoms with E-state index in [4.69, 9.17) is 9.84 Å². The van der Waals surface area contributed by atoms with Gasteiger partial charge in [-0.25, -0.2) is 4.79 Å². The Morgan fingerprint density at radius 3 is 2.21 bits per heavy atom. The van der Waals surface area contributed by atoms with Crippen molar-refractivity contribution in [3.63, 3.8) is 0 Å². The van der Waals surface area contributed by atoms with E-state index in [1.807, 2.05) is 0 Å². The average molecular weight is 273 g/mol. The van der Waals surface area contributed by atoms with Crippen LogP contribution in [0.3, 0.4) is 0 Å². The Labute approximate surface area is 113 Å². The van der Waals surface area contributed by atoms with E-state index in [9.17, 15) is 14.4 Å². The number of hydrogen-bond acceptors (Lipinski definition) is 4. The topological polar surface area (TPSA) is 92.7 Å². The summed E-state index contributed by atoms with van der Waals surface area (Å²) >= 11 is 0. The first kappa shape index (κ1) is 17.4. The van der Waals surface area contributed by atoms with Crippen molar-refractivity contribution >= 4 is 17.8 Å². The zero-order valence-corrected chi connectivity index (χ0v) is 12.0. The Balaban J connectivity index is 4.21. The van der Waals surface area contributed by atoms with Crippen LogP contribution in [0.2, 0.25) is 0 Å². The van der Waals surface area contributed by atoms with Crippen molar-refractivity contribution in [1.29, 1.82) is 0 Å². The molecule has 0 rings (SSSR count). The highest BCUT2D eigenvalue weighted by atomic mass is 16.6. The summed E-state index contributed by atoms with van der Waals surface area (Å²) in [5.74, 6) is -1.74. The first-order valence-electron chi connectivity index (χ1n) is 6.39. The van der Waals surface area contributed by atoms with E-state index in [0.29, 0.717) is 6.42 Å². The van der Waals surface area contributed by atoms with Gasteiger partial charge < -0.3 is 15.2 Å². The van der Waals surface area contributed by atoms with Gasteiger partial charge in [0.2, 0.25) is 5.91 Å². The first-order chi connectivity index (χ1) is 8.65. The molecule has 0 saturated heterocycles. The third-order valence-electron chi connectivity index (χ3n) is 2.23. The van der Waals surface area contributed by atoms with Crippen LogP contribution < -0.4 is 5.32 Å². The van der Waals surface area contributed by atoms with Crippen LogP contribution >= 0.6 is 0 Å². The van der Waals surface area contributed by atoms with Crippen LogP contribution in [0.4, 0.5) is 0 Å². The molecule has 0 heterocycles. The third kappa shape index (κ3) is 9.04. The standard InChI is InChI=1S/C13H23NO5/c1-5-9(12(18)19-13(2,3)4)14-10(15)7-6-8-11(16)17/h9H,5-8H2,1-4H3,(H,14,15)(H,16,17). The van der Waals surface area contributed by atoms with Gasteiger partial charge in [0.1, 0.15) is 11.6 Å². The Morgan fingerprint density at radius 1 is 1.21 bits per heavy atom. The molecule has 0 aliphatic rings. The SMILES string of the molecule is CCC(NC(=O)CCCC(=O)O)C(=O)OC(C)(C)C. The Morgan fingerprint density at radius 2 is 1.79 bits per heavy atom. The van der Waals surface area contributed by atoms with Gasteiger partial charge in [-0.15, -0.1) is 0 Å². The molecule has 0 bridgehead atoms. The highest BCUT2D eigenvalue weighted by Crippen LogP contribution is 2.10. The molecule has 0 aromatic rings. The van der Waals surface area contributed by atoms with E-state index in [0.717, 1.165) is 0 Å². The molecular weight excluding hydrogens is 250 g/mol. The van der Waals surface area contributed by atoms with E-state index in [1.165, 1.54) is 0 Å². The van der Waals surface area contributed by atoms with Crippen molar-refractivity contribution in [2.45, 2.75) is 65.0 Å². The molecule has 6 heteroatoms. The predicted octanol–water partition coefficient (Wildman–Crippen LogP) is 1.48. The summed E-state index contributed by atoms with van der Waals surface area (Å²) in [5, 5.41) is 11.0. The molecule has 0 saturated carbocycles. The zero-order valence-electron chi connectivity index (χ0n) is 12.0. The van der Waals surface area contributed by atoms with Gasteiger partial charge in [-0.05, 0) is 33.6 Å². The number of hydrogen-bond donors (Lipinski definition) is 2. The average Bonchev–Trinajstić information content (AvgIpc) is 2.22. The molecule has 0 aliphatic carbocycles. The van der Waals surface area contributed by atoms with Crippen molar-refractivity contribution in [3.05, 3.63) is 0 Å². The second-order valence-corrected chi connectivity index (χ2v) is 5.31. The zero-order chi connectivity index (χ0) is 15.1. The summed E-state index contributed by atoms with van der Waals surface area (Å²) in [7, 11) is 0. The number of ether oxygens (including phenoxy) is 1. The molecule has 0 aromatic heterocycles. The maximum absolute atomic E-state index is 11.8. The van der Waals surface area contributed by atoms with Gasteiger partial charge in [-0.3, -0.25) is 9.59 Å². The quantitative estimate of drug-likeness (QED) is 0.685. The monoisotopic (exact) mass is 273 g/mol. The molecule has 19 heavy (non-hydrogen) atoms. The number of nitrogens with one attached hydrogen (secondary N) is 1. The second-order valence-electron chi connectivity index (χ2n) is 5.31. The number of carbonyl (C=O) groups is 3. The predicted molar refractivity (Wildman–Crippen MR) is 69.6 cm³/mol. The normalized spacial score (nSPS) is 12.6. The maximum atomic E-state index is 11.8. The smallest absolute Gasteiger partial charge is 0.329 e. The molecule has 2 N–H and O–H groups in total. The number of amides is 1. The summed E-state index contributed by atoms with van der Waals surface area (Å²) < 4.78 is 5.19. The van der Waals surface area contributed by atoms with Crippen LogP contribution in [-0.4, -0.2) is 34.6 Å². The summed E-state index contributed by atoms with van der Waals surface area (Å²) in [6.45, 7) is 7.04. The summed E-state index contributed by atoms with van der Waals surface area (Å²) in [6, 6.07) is -0.684. The van der Waals surface area contributed by atoms with Gasteiger partial charge in [0.25, 0.3) is 0 Å². The van der Waals surface area contributed by atoms with Crippen molar-refractivity contribution in [2.75, 3.05) is 0 Å². The molecule has 6 nitrogen and oxygen atoms in total. The highest BCUT2D eigenvalue weighted by molar-refractivity contribution is 5.84. The Hall–Kier alpha value is -1.59. The lowest BCUT2D eigenvalue weighted by Crippen LogP contribution is -2.43. The molecule has 110 valence electrons. The highest BCUT2D eigenvalue weighted by Gasteiger charge is 2.24. The van der Waals surface area contributed by atoms with Crippen molar-refractivity contribution in [1.82, 2.24) is 5.32 Å². The fourth-order valence-electron chi connectivity index (χ4n) is 1.37. The van der Waals surface area contributed by atoms with Gasteiger partial charge in [-0.1, -0.05) is 6.92 Å². The lowest BCUT2D eigenvalue weighted by Gasteiger charge is -2.23. The van der Waals surface area contributed by atoms with Gasteiger partial charge in [-0.2, -0.15) is 0 Å². The fraction of sp³-hybridized carbons (Fsp3) is 0.769. The summed E-state index contributed by atoms with van der Waals surface area (Å²) in [4.78, 5) is 33.6. The second kappa shape index (κ2) is 7.76. The lowest BCUT2D eigenvalue weighted by atomic mass is 10.1. The number of esters is 1. The summed E-state index contributed by atoms with van der Waals surface area (Å²) in [5.41, 5.74) is -0.599. The van der Waals surface area contributed by atoms with E-state index in [-0.39, 0.29) is 25.2 Å². The number of carboxylic acid groups (broad SMARTS) is 1. The molecule has 0 radical (unpaired) electrons. The van der Waals surface area contributed by atoms with Crippen LogP contribution in [0, 0.1) is 0 Å². The fourth-order valence-corrected chi connectivity index (χ4v) is 1.37. The number of rotatable bonds is 7. The number of aliphatic carboxylic acids is 1. The van der Waals surface area contributed by atoms with E-state index in [2.05, 4.69) is 5.32 Å². The largest absolute Gasteiger partial charge is 0.481 e. The molecule has 1 amide bonds. The molecule has 0 aromatic carbocycles. The van der Waals surface area contributed by atoms with Gasteiger partial charge >= 0.3 is 11.9 Å². The number of carbonyl (C=O) groups excluding carboxylic acids is 2. The third-order valence-corrected chi connectivity index (χ3v) is 2.23. The van der Waals surface area contributed by atoms with E-state index in [1.54, 1.807) is 27.7 Å². The molecule has 1 atom stereocenters. The van der Waals surface area contributed by atoms with E-state index >= 15 is 0 Å². The van der Waals surface area contributed by atoms with Crippen molar-refractivity contribution < 1.29 is 24.2 Å². The summed E-state index contributed by atoms with van der Waals surface area (Å²) in [6.07, 6.45) is 0.716. The molecule has 0 fully saturated rings. The Kier molecular flexibility index (Phi) is 7.11. The van der Waals surface area contributed by atoms with Crippen LogP contribution in [-0.2, 0) is 19.1 Å².